The van der Waals surface area contributed by atoms with Crippen LogP contribution in [-0.2, 0) is 0 Å². The third-order valence-electron chi connectivity index (χ3n) is 3.89. The predicted octanol–water partition coefficient (Wildman–Crippen LogP) is 3.04. The SMILES string of the molecule is CCN1CCC(Nc2cc(F)c(OC)cc2C)CC1. The molecule has 3 nitrogen and oxygen atoms in total. The van der Waals surface area contributed by atoms with Crippen LogP contribution in [-0.4, -0.2) is 37.7 Å². The molecule has 1 aromatic rings. The number of hydrogen-bond acceptors (Lipinski definition) is 3. The largest absolute Gasteiger partial charge is 0.494 e. The Kier molecular flexibility index (Phi) is 4.64. The second kappa shape index (κ2) is 6.24. The van der Waals surface area contributed by atoms with E-state index in [1.165, 1.54) is 7.11 Å². The van der Waals surface area contributed by atoms with Gasteiger partial charge >= 0.3 is 0 Å². The number of methoxy groups -OCH3 is 1. The molecule has 1 aliphatic rings. The van der Waals surface area contributed by atoms with E-state index in [9.17, 15) is 4.39 Å². The molecule has 0 aromatic heterocycles. The first-order valence-corrected chi connectivity index (χ1v) is 6.97. The molecule has 1 aromatic carbocycles. The Morgan fingerprint density at radius 3 is 2.63 bits per heavy atom. The predicted molar refractivity (Wildman–Crippen MR) is 76.4 cm³/mol. The van der Waals surface area contributed by atoms with Gasteiger partial charge in [-0.05, 0) is 37.9 Å². The van der Waals surface area contributed by atoms with E-state index in [4.69, 9.17) is 4.74 Å². The molecule has 2 rings (SSSR count). The van der Waals surface area contributed by atoms with Crippen molar-refractivity contribution >= 4 is 5.69 Å². The number of anilines is 1. The van der Waals surface area contributed by atoms with Crippen molar-refractivity contribution in [1.29, 1.82) is 0 Å². The van der Waals surface area contributed by atoms with Crippen LogP contribution in [0.1, 0.15) is 25.3 Å². The van der Waals surface area contributed by atoms with Crippen molar-refractivity contribution in [3.05, 3.63) is 23.5 Å². The Hall–Kier alpha value is -1.29. The van der Waals surface area contributed by atoms with E-state index in [-0.39, 0.29) is 5.82 Å². The number of likely N-dealkylation sites (tertiary alicyclic amines) is 1. The summed E-state index contributed by atoms with van der Waals surface area (Å²) < 4.78 is 18.7. The molecule has 0 unspecified atom stereocenters. The summed E-state index contributed by atoms with van der Waals surface area (Å²) in [5.74, 6) is 0.00504. The first-order valence-electron chi connectivity index (χ1n) is 6.97. The highest BCUT2D eigenvalue weighted by atomic mass is 19.1. The number of halogens is 1. The van der Waals surface area contributed by atoms with Crippen LogP contribution in [0.4, 0.5) is 10.1 Å². The van der Waals surface area contributed by atoms with Crippen molar-refractivity contribution < 1.29 is 9.13 Å². The van der Waals surface area contributed by atoms with Crippen molar-refractivity contribution in [1.82, 2.24) is 4.90 Å². The minimum Gasteiger partial charge on any atom is -0.494 e. The Bertz CT molecular complexity index is 428. The number of piperidine rings is 1. The van der Waals surface area contributed by atoms with Gasteiger partial charge in [-0.3, -0.25) is 0 Å². The fourth-order valence-corrected chi connectivity index (χ4v) is 2.58. The molecule has 1 fully saturated rings. The normalized spacial score (nSPS) is 17.5. The molecule has 0 bridgehead atoms. The highest BCUT2D eigenvalue weighted by Crippen LogP contribution is 2.27. The van der Waals surface area contributed by atoms with E-state index in [1.54, 1.807) is 12.1 Å². The van der Waals surface area contributed by atoms with Crippen molar-refractivity contribution in [3.63, 3.8) is 0 Å². The number of aryl methyl sites for hydroxylation is 1. The summed E-state index contributed by atoms with van der Waals surface area (Å²) in [6.07, 6.45) is 2.22. The molecule has 0 spiro atoms. The zero-order valence-corrected chi connectivity index (χ0v) is 12.0. The second-order valence-corrected chi connectivity index (χ2v) is 5.15. The van der Waals surface area contributed by atoms with E-state index >= 15 is 0 Å². The third-order valence-corrected chi connectivity index (χ3v) is 3.89. The van der Waals surface area contributed by atoms with E-state index in [0.29, 0.717) is 11.8 Å². The highest BCUT2D eigenvalue weighted by molar-refractivity contribution is 5.54. The number of nitrogens with one attached hydrogen (secondary N) is 1. The molecule has 0 atom stereocenters. The zero-order chi connectivity index (χ0) is 13.8. The van der Waals surface area contributed by atoms with Crippen LogP contribution in [0.25, 0.3) is 0 Å². The first kappa shape index (κ1) is 14.1. The van der Waals surface area contributed by atoms with Crippen LogP contribution < -0.4 is 10.1 Å². The molecule has 1 heterocycles. The molecular weight excluding hydrogens is 243 g/mol. The Labute approximate surface area is 114 Å². The number of rotatable bonds is 4. The quantitative estimate of drug-likeness (QED) is 0.906. The minimum absolute atomic E-state index is 0.304. The van der Waals surface area contributed by atoms with Gasteiger partial charge in [0.05, 0.1) is 7.11 Å². The van der Waals surface area contributed by atoms with Gasteiger partial charge in [-0.1, -0.05) is 6.92 Å². The number of nitrogens with zero attached hydrogens (tertiary/aromatic N) is 1. The Morgan fingerprint density at radius 2 is 2.05 bits per heavy atom. The van der Waals surface area contributed by atoms with Gasteiger partial charge in [0.15, 0.2) is 11.6 Å². The van der Waals surface area contributed by atoms with Crippen molar-refractivity contribution in [2.75, 3.05) is 32.1 Å². The lowest BCUT2D eigenvalue weighted by molar-refractivity contribution is 0.229. The maximum Gasteiger partial charge on any atom is 0.167 e. The van der Waals surface area contributed by atoms with Gasteiger partial charge < -0.3 is 15.0 Å². The van der Waals surface area contributed by atoms with E-state index < -0.39 is 0 Å². The molecular formula is C15H23FN2O. The lowest BCUT2D eigenvalue weighted by atomic mass is 10.0. The van der Waals surface area contributed by atoms with Crippen LogP contribution >= 0.6 is 0 Å². The average Bonchev–Trinajstić information content (AvgIpc) is 2.43. The number of benzene rings is 1. The maximum absolute atomic E-state index is 13.7. The highest BCUT2D eigenvalue weighted by Gasteiger charge is 2.19. The summed E-state index contributed by atoms with van der Waals surface area (Å²) in [4.78, 5) is 2.44. The van der Waals surface area contributed by atoms with Gasteiger partial charge in [0, 0.05) is 30.9 Å². The van der Waals surface area contributed by atoms with Crippen LogP contribution in [0, 0.1) is 12.7 Å². The van der Waals surface area contributed by atoms with Gasteiger partial charge in [0.25, 0.3) is 0 Å². The lowest BCUT2D eigenvalue weighted by Crippen LogP contribution is -2.38. The van der Waals surface area contributed by atoms with Crippen LogP contribution in [0.15, 0.2) is 12.1 Å². The summed E-state index contributed by atoms with van der Waals surface area (Å²) in [7, 11) is 1.49. The van der Waals surface area contributed by atoms with Gasteiger partial charge in [-0.15, -0.1) is 0 Å². The fraction of sp³-hybridized carbons (Fsp3) is 0.600. The monoisotopic (exact) mass is 266 g/mol. The first-order chi connectivity index (χ1) is 9.13. The van der Waals surface area contributed by atoms with Crippen molar-refractivity contribution in [2.24, 2.45) is 0 Å². The fourth-order valence-electron chi connectivity index (χ4n) is 2.58. The summed E-state index contributed by atoms with van der Waals surface area (Å²) in [6.45, 7) is 7.52. The number of hydrogen-bond donors (Lipinski definition) is 1. The minimum atomic E-state index is -0.304. The second-order valence-electron chi connectivity index (χ2n) is 5.15. The number of ether oxygens (including phenoxy) is 1. The molecule has 1 saturated heterocycles. The smallest absolute Gasteiger partial charge is 0.167 e. The van der Waals surface area contributed by atoms with Gasteiger partial charge in [-0.25, -0.2) is 4.39 Å². The maximum atomic E-state index is 13.7. The zero-order valence-electron chi connectivity index (χ0n) is 12.0. The third kappa shape index (κ3) is 3.38. The molecule has 0 amide bonds. The molecule has 0 saturated carbocycles. The topological polar surface area (TPSA) is 24.5 Å². The van der Waals surface area contributed by atoms with Crippen molar-refractivity contribution in [3.8, 4) is 5.75 Å². The Balaban J connectivity index is 2.02. The van der Waals surface area contributed by atoms with Crippen LogP contribution in [0.5, 0.6) is 5.75 Å². The molecule has 106 valence electrons. The summed E-state index contributed by atoms with van der Waals surface area (Å²) in [5, 5.41) is 3.46. The van der Waals surface area contributed by atoms with Gasteiger partial charge in [0.1, 0.15) is 0 Å². The molecule has 1 N–H and O–H groups in total. The Morgan fingerprint density at radius 1 is 1.37 bits per heavy atom. The van der Waals surface area contributed by atoms with Gasteiger partial charge in [-0.2, -0.15) is 0 Å². The van der Waals surface area contributed by atoms with E-state index in [2.05, 4.69) is 17.1 Å². The van der Waals surface area contributed by atoms with E-state index in [1.807, 2.05) is 6.92 Å². The lowest BCUT2D eigenvalue weighted by Gasteiger charge is -2.32. The van der Waals surface area contributed by atoms with E-state index in [0.717, 1.165) is 43.7 Å². The summed E-state index contributed by atoms with van der Waals surface area (Å²) in [5.41, 5.74) is 1.91. The molecule has 0 radical (unpaired) electrons. The average molecular weight is 266 g/mol. The molecule has 0 aliphatic carbocycles. The van der Waals surface area contributed by atoms with Crippen LogP contribution in [0.2, 0.25) is 0 Å². The summed E-state index contributed by atoms with van der Waals surface area (Å²) >= 11 is 0. The molecule has 4 heteroatoms. The molecule has 1 aliphatic heterocycles. The van der Waals surface area contributed by atoms with Crippen molar-refractivity contribution in [2.45, 2.75) is 32.7 Å². The standard InChI is InChI=1S/C15H23FN2O/c1-4-18-7-5-12(6-8-18)17-14-10-13(16)15(19-3)9-11(14)2/h9-10,12,17H,4-8H2,1-3H3. The summed E-state index contributed by atoms with van der Waals surface area (Å²) in [6, 6.07) is 3.73. The molecule has 19 heavy (non-hydrogen) atoms. The van der Waals surface area contributed by atoms with Crippen LogP contribution in [0.3, 0.4) is 0 Å². The van der Waals surface area contributed by atoms with Gasteiger partial charge in [0.2, 0.25) is 0 Å².